The van der Waals surface area contributed by atoms with Crippen LogP contribution in [-0.4, -0.2) is 30.6 Å². The van der Waals surface area contributed by atoms with Gasteiger partial charge in [-0.1, -0.05) is 36.4 Å². The lowest BCUT2D eigenvalue weighted by molar-refractivity contribution is -0.150. The summed E-state index contributed by atoms with van der Waals surface area (Å²) >= 11 is 1.74. The maximum atomic E-state index is 12.3. The van der Waals surface area contributed by atoms with E-state index in [4.69, 9.17) is 4.74 Å². The van der Waals surface area contributed by atoms with Gasteiger partial charge in [0.15, 0.2) is 0 Å². The molecule has 3 nitrogen and oxygen atoms in total. The molecule has 0 N–H and O–H groups in total. The first kappa shape index (κ1) is 16.2. The van der Waals surface area contributed by atoms with E-state index in [1.165, 1.54) is 10.4 Å². The molecule has 1 aliphatic heterocycles. The summed E-state index contributed by atoms with van der Waals surface area (Å²) in [7, 11) is 0. The second kappa shape index (κ2) is 7.75. The number of esters is 1. The lowest BCUT2D eigenvalue weighted by Crippen LogP contribution is -2.41. The highest BCUT2D eigenvalue weighted by atomic mass is 32.1. The topological polar surface area (TPSA) is 29.5 Å². The highest BCUT2D eigenvalue weighted by Gasteiger charge is 2.36. The first-order chi connectivity index (χ1) is 11.3. The summed E-state index contributed by atoms with van der Waals surface area (Å²) in [6, 6.07) is 14.8. The third-order valence-corrected chi connectivity index (χ3v) is 5.45. The Morgan fingerprint density at radius 2 is 2.09 bits per heavy atom. The Kier molecular flexibility index (Phi) is 5.47. The number of benzene rings is 1. The Morgan fingerprint density at radius 3 is 2.78 bits per heavy atom. The minimum atomic E-state index is -0.0368. The van der Waals surface area contributed by atoms with Crippen LogP contribution in [0.4, 0.5) is 0 Å². The predicted molar refractivity (Wildman–Crippen MR) is 93.5 cm³/mol. The Labute approximate surface area is 141 Å². The molecular weight excluding hydrogens is 306 g/mol. The van der Waals surface area contributed by atoms with Crippen molar-refractivity contribution in [2.24, 2.45) is 5.92 Å². The van der Waals surface area contributed by atoms with Gasteiger partial charge >= 0.3 is 5.97 Å². The van der Waals surface area contributed by atoms with Crippen LogP contribution in [0, 0.1) is 5.92 Å². The van der Waals surface area contributed by atoms with Gasteiger partial charge in [-0.15, -0.1) is 11.3 Å². The molecule has 4 heteroatoms. The summed E-state index contributed by atoms with van der Waals surface area (Å²) in [5.41, 5.74) is 1.33. The van der Waals surface area contributed by atoms with E-state index >= 15 is 0 Å². The van der Waals surface area contributed by atoms with Crippen LogP contribution in [-0.2, 0) is 16.1 Å². The molecule has 2 unspecified atom stereocenters. The van der Waals surface area contributed by atoms with E-state index in [9.17, 15) is 4.79 Å². The second-order valence-corrected chi connectivity index (χ2v) is 6.97. The summed E-state index contributed by atoms with van der Waals surface area (Å²) in [5, 5.41) is 2.09. The van der Waals surface area contributed by atoms with Gasteiger partial charge in [0.2, 0.25) is 0 Å². The molecular formula is C19H23NO2S. The molecule has 0 radical (unpaired) electrons. The third kappa shape index (κ3) is 4.01. The predicted octanol–water partition coefficient (Wildman–Crippen LogP) is 3.92. The van der Waals surface area contributed by atoms with E-state index in [1.807, 2.05) is 13.0 Å². The molecule has 3 rings (SSSR count). The first-order valence-corrected chi connectivity index (χ1v) is 9.12. The van der Waals surface area contributed by atoms with Crippen molar-refractivity contribution in [2.45, 2.75) is 25.8 Å². The molecule has 2 aromatic rings. The van der Waals surface area contributed by atoms with Crippen molar-refractivity contribution in [2.75, 3.05) is 19.7 Å². The number of hydrogen-bond donors (Lipinski definition) is 0. The smallest absolute Gasteiger partial charge is 0.309 e. The quantitative estimate of drug-likeness (QED) is 0.779. The number of nitrogens with zero attached hydrogens (tertiary/aromatic N) is 1. The van der Waals surface area contributed by atoms with Gasteiger partial charge in [0.1, 0.15) is 0 Å². The normalized spacial score (nSPS) is 22.0. The number of hydrogen-bond acceptors (Lipinski definition) is 4. The largest absolute Gasteiger partial charge is 0.466 e. The summed E-state index contributed by atoms with van der Waals surface area (Å²) in [6.07, 6.45) is 0.869. The van der Waals surface area contributed by atoms with Crippen molar-refractivity contribution in [3.05, 3.63) is 58.3 Å². The van der Waals surface area contributed by atoms with E-state index in [0.29, 0.717) is 6.61 Å². The average Bonchev–Trinajstić information content (AvgIpc) is 3.10. The standard InChI is InChI=1S/C19H23NO2S/c1-2-22-19(21)16-10-11-20(13-15-7-4-3-5-8-15)14-17(16)18-9-6-12-23-18/h3-9,12,16-17H,2,10-11,13-14H2,1H3. The van der Waals surface area contributed by atoms with Gasteiger partial charge < -0.3 is 4.74 Å². The fraction of sp³-hybridized carbons (Fsp3) is 0.421. The van der Waals surface area contributed by atoms with Crippen LogP contribution < -0.4 is 0 Å². The molecule has 1 fully saturated rings. The zero-order valence-corrected chi connectivity index (χ0v) is 14.3. The molecule has 1 aromatic heterocycles. The lowest BCUT2D eigenvalue weighted by atomic mass is 9.84. The Bertz CT molecular complexity index is 612. The molecule has 23 heavy (non-hydrogen) atoms. The van der Waals surface area contributed by atoms with Gasteiger partial charge in [-0.3, -0.25) is 9.69 Å². The fourth-order valence-corrected chi connectivity index (χ4v) is 4.21. The number of rotatable bonds is 5. The lowest BCUT2D eigenvalue weighted by Gasteiger charge is -2.37. The van der Waals surface area contributed by atoms with E-state index < -0.39 is 0 Å². The molecule has 2 heterocycles. The van der Waals surface area contributed by atoms with Crippen molar-refractivity contribution in [1.82, 2.24) is 4.90 Å². The SMILES string of the molecule is CCOC(=O)C1CCN(Cc2ccccc2)CC1c1cccs1. The Balaban J connectivity index is 1.73. The Hall–Kier alpha value is -1.65. The van der Waals surface area contributed by atoms with Crippen molar-refractivity contribution in [3.63, 3.8) is 0 Å². The third-order valence-electron chi connectivity index (χ3n) is 4.44. The molecule has 0 amide bonds. The fourth-order valence-electron chi connectivity index (χ4n) is 3.33. The van der Waals surface area contributed by atoms with Gasteiger partial charge in [0, 0.05) is 23.9 Å². The second-order valence-electron chi connectivity index (χ2n) is 5.99. The number of ether oxygens (including phenoxy) is 1. The Morgan fingerprint density at radius 1 is 1.26 bits per heavy atom. The van der Waals surface area contributed by atoms with Gasteiger partial charge in [-0.2, -0.15) is 0 Å². The van der Waals surface area contributed by atoms with Crippen molar-refractivity contribution < 1.29 is 9.53 Å². The monoisotopic (exact) mass is 329 g/mol. The first-order valence-electron chi connectivity index (χ1n) is 8.24. The molecule has 0 spiro atoms. The van der Waals surface area contributed by atoms with Gasteiger partial charge in [-0.25, -0.2) is 0 Å². The number of carbonyl (C=O) groups excluding carboxylic acids is 1. The molecule has 0 bridgehead atoms. The highest BCUT2D eigenvalue weighted by Crippen LogP contribution is 2.36. The zero-order valence-electron chi connectivity index (χ0n) is 13.5. The maximum Gasteiger partial charge on any atom is 0.309 e. The van der Waals surface area contributed by atoms with E-state index in [1.54, 1.807) is 11.3 Å². The van der Waals surface area contributed by atoms with Gasteiger partial charge in [0.25, 0.3) is 0 Å². The highest BCUT2D eigenvalue weighted by molar-refractivity contribution is 7.10. The van der Waals surface area contributed by atoms with Crippen LogP contribution in [0.25, 0.3) is 0 Å². The summed E-state index contributed by atoms with van der Waals surface area (Å²) in [5.74, 6) is 0.192. The van der Waals surface area contributed by atoms with E-state index in [0.717, 1.165) is 26.1 Å². The van der Waals surface area contributed by atoms with Crippen LogP contribution in [0.2, 0.25) is 0 Å². The van der Waals surface area contributed by atoms with Gasteiger partial charge in [-0.05, 0) is 36.9 Å². The molecule has 1 aliphatic rings. The average molecular weight is 329 g/mol. The van der Waals surface area contributed by atoms with Crippen LogP contribution in [0.3, 0.4) is 0 Å². The number of thiophene rings is 1. The van der Waals surface area contributed by atoms with Crippen molar-refractivity contribution in [1.29, 1.82) is 0 Å². The van der Waals surface area contributed by atoms with E-state index in [-0.39, 0.29) is 17.8 Å². The summed E-state index contributed by atoms with van der Waals surface area (Å²) in [4.78, 5) is 16.1. The number of piperidine rings is 1. The summed E-state index contributed by atoms with van der Waals surface area (Å²) < 4.78 is 5.31. The molecule has 0 saturated carbocycles. The van der Waals surface area contributed by atoms with Crippen molar-refractivity contribution in [3.8, 4) is 0 Å². The van der Waals surface area contributed by atoms with E-state index in [2.05, 4.69) is 46.7 Å². The van der Waals surface area contributed by atoms with Crippen LogP contribution in [0.15, 0.2) is 47.8 Å². The van der Waals surface area contributed by atoms with Gasteiger partial charge in [0.05, 0.1) is 12.5 Å². The minimum Gasteiger partial charge on any atom is -0.466 e. The number of carbonyl (C=O) groups is 1. The molecule has 1 aromatic carbocycles. The summed E-state index contributed by atoms with van der Waals surface area (Å²) in [6.45, 7) is 5.14. The van der Waals surface area contributed by atoms with Crippen LogP contribution in [0.5, 0.6) is 0 Å². The zero-order chi connectivity index (χ0) is 16.1. The molecule has 0 aliphatic carbocycles. The van der Waals surface area contributed by atoms with Crippen LogP contribution in [0.1, 0.15) is 29.7 Å². The maximum absolute atomic E-state index is 12.3. The van der Waals surface area contributed by atoms with Crippen LogP contribution >= 0.6 is 11.3 Å². The minimum absolute atomic E-state index is 0.0133. The van der Waals surface area contributed by atoms with Crippen molar-refractivity contribution >= 4 is 17.3 Å². The number of likely N-dealkylation sites (tertiary alicyclic amines) is 1. The molecule has 2 atom stereocenters. The molecule has 122 valence electrons. The molecule has 1 saturated heterocycles.